The Kier molecular flexibility index (Phi) is 3.67. The number of ether oxygens (including phenoxy) is 1. The van der Waals surface area contributed by atoms with Gasteiger partial charge in [-0.1, -0.05) is 30.3 Å². The van der Waals surface area contributed by atoms with Gasteiger partial charge in [0.15, 0.2) is 0 Å². The summed E-state index contributed by atoms with van der Waals surface area (Å²) >= 11 is 0. The summed E-state index contributed by atoms with van der Waals surface area (Å²) in [7, 11) is 0. The van der Waals surface area contributed by atoms with Crippen LogP contribution in [0.2, 0.25) is 0 Å². The molecule has 4 heteroatoms. The molecule has 0 aliphatic carbocycles. The number of carbonyl (C=O) groups excluding carboxylic acids is 1. The molecule has 0 bridgehead atoms. The number of esters is 1. The predicted molar refractivity (Wildman–Crippen MR) is 61.9 cm³/mol. The molecule has 0 N–H and O–H groups in total. The molecule has 0 radical (unpaired) electrons. The smallest absolute Gasteiger partial charge is 0.341 e. The number of halogens is 2. The molecule has 2 aromatic carbocycles. The van der Waals surface area contributed by atoms with Crippen molar-refractivity contribution in [1.82, 2.24) is 0 Å². The van der Waals surface area contributed by atoms with Gasteiger partial charge in [0.25, 0.3) is 0 Å². The average molecular weight is 248 g/mol. The minimum absolute atomic E-state index is 0.158. The van der Waals surface area contributed by atoms with Gasteiger partial charge in [-0.25, -0.2) is 13.6 Å². The number of hydrogen-bond acceptors (Lipinski definition) is 2. The fraction of sp³-hybridized carbons (Fsp3) is 0.0714. The fourth-order valence-corrected chi connectivity index (χ4v) is 1.46. The van der Waals surface area contributed by atoms with E-state index in [0.29, 0.717) is 0 Å². The summed E-state index contributed by atoms with van der Waals surface area (Å²) < 4.78 is 31.4. The van der Waals surface area contributed by atoms with Crippen LogP contribution in [-0.4, -0.2) is 5.97 Å². The van der Waals surface area contributed by atoms with Gasteiger partial charge in [-0.15, -0.1) is 0 Å². The quantitative estimate of drug-likeness (QED) is 0.779. The Balaban J connectivity index is 2.06. The average Bonchev–Trinajstić information content (AvgIpc) is 2.38. The Morgan fingerprint density at radius 2 is 1.56 bits per heavy atom. The monoisotopic (exact) mass is 248 g/mol. The second-order valence-corrected chi connectivity index (χ2v) is 3.65. The SMILES string of the molecule is O=C(OCc1ccccc1F)c1ccccc1F. The van der Waals surface area contributed by atoms with Crippen molar-refractivity contribution in [2.75, 3.05) is 0 Å². The van der Waals surface area contributed by atoms with Gasteiger partial charge in [0, 0.05) is 5.56 Å². The lowest BCUT2D eigenvalue weighted by molar-refractivity contribution is 0.0463. The first-order valence-corrected chi connectivity index (χ1v) is 5.33. The summed E-state index contributed by atoms with van der Waals surface area (Å²) in [5, 5.41) is 0. The molecule has 0 aliphatic heterocycles. The highest BCUT2D eigenvalue weighted by molar-refractivity contribution is 5.89. The van der Waals surface area contributed by atoms with Gasteiger partial charge in [0.05, 0.1) is 5.56 Å². The van der Waals surface area contributed by atoms with E-state index < -0.39 is 17.6 Å². The second kappa shape index (κ2) is 5.40. The van der Waals surface area contributed by atoms with Gasteiger partial charge in [-0.3, -0.25) is 0 Å². The van der Waals surface area contributed by atoms with Crippen molar-refractivity contribution in [1.29, 1.82) is 0 Å². The van der Waals surface area contributed by atoms with E-state index in [-0.39, 0.29) is 17.7 Å². The maximum absolute atomic E-state index is 13.3. The van der Waals surface area contributed by atoms with E-state index in [1.54, 1.807) is 6.07 Å². The van der Waals surface area contributed by atoms with Gasteiger partial charge in [-0.05, 0) is 18.2 Å². The van der Waals surface area contributed by atoms with Gasteiger partial charge in [0.1, 0.15) is 18.2 Å². The standard InChI is InChI=1S/C14H10F2O2/c15-12-7-3-1-5-10(12)9-18-14(17)11-6-2-4-8-13(11)16/h1-8H,9H2. The summed E-state index contributed by atoms with van der Waals surface area (Å²) in [6, 6.07) is 11.4. The lowest BCUT2D eigenvalue weighted by Crippen LogP contribution is -2.08. The Bertz CT molecular complexity index is 567. The van der Waals surface area contributed by atoms with Crippen LogP contribution >= 0.6 is 0 Å². The summed E-state index contributed by atoms with van der Waals surface area (Å²) in [5.41, 5.74) is 0.0935. The summed E-state index contributed by atoms with van der Waals surface area (Å²) in [5.74, 6) is -1.92. The van der Waals surface area contributed by atoms with Crippen LogP contribution < -0.4 is 0 Å². The molecule has 0 aromatic heterocycles. The Labute approximate surface area is 103 Å². The van der Waals surface area contributed by atoms with Gasteiger partial charge in [0.2, 0.25) is 0 Å². The summed E-state index contributed by atoms with van der Waals surface area (Å²) in [4.78, 5) is 11.6. The highest BCUT2D eigenvalue weighted by Crippen LogP contribution is 2.12. The van der Waals surface area contributed by atoms with Crippen LogP contribution in [0, 0.1) is 11.6 Å². The molecule has 0 saturated heterocycles. The lowest BCUT2D eigenvalue weighted by atomic mass is 10.2. The van der Waals surface area contributed by atoms with Crippen LogP contribution in [0.15, 0.2) is 48.5 Å². The number of benzene rings is 2. The molecule has 0 atom stereocenters. The van der Waals surface area contributed by atoms with E-state index in [4.69, 9.17) is 4.74 Å². The zero-order valence-corrected chi connectivity index (χ0v) is 9.40. The molecule has 2 aromatic rings. The van der Waals surface area contributed by atoms with E-state index in [1.807, 2.05) is 0 Å². The molecule has 0 saturated carbocycles. The van der Waals surface area contributed by atoms with Crippen molar-refractivity contribution in [2.24, 2.45) is 0 Å². The van der Waals surface area contributed by atoms with Crippen molar-refractivity contribution in [2.45, 2.75) is 6.61 Å². The highest BCUT2D eigenvalue weighted by Gasteiger charge is 2.13. The molecule has 0 fully saturated rings. The molecular formula is C14H10F2O2. The van der Waals surface area contributed by atoms with Crippen molar-refractivity contribution >= 4 is 5.97 Å². The van der Waals surface area contributed by atoms with Crippen LogP contribution in [0.3, 0.4) is 0 Å². The first-order chi connectivity index (χ1) is 8.68. The number of carbonyl (C=O) groups is 1. The third kappa shape index (κ3) is 2.71. The van der Waals surface area contributed by atoms with E-state index in [9.17, 15) is 13.6 Å². The Morgan fingerprint density at radius 3 is 2.22 bits per heavy atom. The summed E-state index contributed by atoms with van der Waals surface area (Å²) in [6.45, 7) is -0.222. The van der Waals surface area contributed by atoms with Crippen molar-refractivity contribution in [3.05, 3.63) is 71.3 Å². The van der Waals surface area contributed by atoms with Crippen LogP contribution in [0.4, 0.5) is 8.78 Å². The van der Waals surface area contributed by atoms with Gasteiger partial charge >= 0.3 is 5.97 Å². The number of hydrogen-bond donors (Lipinski definition) is 0. The molecule has 0 unspecified atom stereocenters. The van der Waals surface area contributed by atoms with Gasteiger partial charge < -0.3 is 4.74 Å². The molecule has 0 amide bonds. The molecule has 0 spiro atoms. The molecule has 0 heterocycles. The maximum atomic E-state index is 13.3. The third-order valence-corrected chi connectivity index (χ3v) is 2.41. The lowest BCUT2D eigenvalue weighted by Gasteiger charge is -2.06. The Morgan fingerprint density at radius 1 is 0.944 bits per heavy atom. The summed E-state index contributed by atoms with van der Waals surface area (Å²) in [6.07, 6.45) is 0. The van der Waals surface area contributed by atoms with Crippen LogP contribution in [0.5, 0.6) is 0 Å². The first-order valence-electron chi connectivity index (χ1n) is 5.33. The minimum Gasteiger partial charge on any atom is -0.457 e. The van der Waals surface area contributed by atoms with Crippen LogP contribution in [0.25, 0.3) is 0 Å². The largest absolute Gasteiger partial charge is 0.457 e. The topological polar surface area (TPSA) is 26.3 Å². The second-order valence-electron chi connectivity index (χ2n) is 3.65. The molecule has 0 aliphatic rings. The normalized spacial score (nSPS) is 10.1. The van der Waals surface area contributed by atoms with Gasteiger partial charge in [-0.2, -0.15) is 0 Å². The van der Waals surface area contributed by atoms with Crippen LogP contribution in [0.1, 0.15) is 15.9 Å². The molecule has 92 valence electrons. The molecule has 18 heavy (non-hydrogen) atoms. The van der Waals surface area contributed by atoms with E-state index >= 15 is 0 Å². The zero-order chi connectivity index (χ0) is 13.0. The first kappa shape index (κ1) is 12.2. The van der Waals surface area contributed by atoms with Crippen molar-refractivity contribution < 1.29 is 18.3 Å². The molecule has 2 nitrogen and oxygen atoms in total. The minimum atomic E-state index is -0.809. The van der Waals surface area contributed by atoms with E-state index in [2.05, 4.69) is 0 Å². The van der Waals surface area contributed by atoms with Crippen molar-refractivity contribution in [3.63, 3.8) is 0 Å². The fourth-order valence-electron chi connectivity index (χ4n) is 1.46. The van der Waals surface area contributed by atoms with E-state index in [0.717, 1.165) is 0 Å². The number of rotatable bonds is 3. The Hall–Kier alpha value is -2.23. The predicted octanol–water partition coefficient (Wildman–Crippen LogP) is 3.32. The van der Waals surface area contributed by atoms with E-state index in [1.165, 1.54) is 42.5 Å². The third-order valence-electron chi connectivity index (χ3n) is 2.41. The van der Waals surface area contributed by atoms with Crippen LogP contribution in [-0.2, 0) is 11.3 Å². The highest BCUT2D eigenvalue weighted by atomic mass is 19.1. The maximum Gasteiger partial charge on any atom is 0.341 e. The zero-order valence-electron chi connectivity index (χ0n) is 9.40. The molecule has 2 rings (SSSR count). The van der Waals surface area contributed by atoms with Crippen molar-refractivity contribution in [3.8, 4) is 0 Å². The molecular weight excluding hydrogens is 238 g/mol.